The lowest BCUT2D eigenvalue weighted by Gasteiger charge is -2.17. The summed E-state index contributed by atoms with van der Waals surface area (Å²) in [6.45, 7) is -0.590. The van der Waals surface area contributed by atoms with Gasteiger partial charge >= 0.3 is 5.97 Å². The second-order valence-corrected chi connectivity index (χ2v) is 7.05. The molecule has 7 nitrogen and oxygen atoms in total. The monoisotopic (exact) mass is 420 g/mol. The normalized spacial score (nSPS) is 10.4. The Hall–Kier alpha value is -3.87. The van der Waals surface area contributed by atoms with Gasteiger partial charge in [-0.1, -0.05) is 48.5 Å². The summed E-state index contributed by atoms with van der Waals surface area (Å²) in [4.78, 5) is 37.7. The zero-order valence-electron chi connectivity index (χ0n) is 17.5. The fourth-order valence-corrected chi connectivity index (χ4v) is 3.02. The van der Waals surface area contributed by atoms with Crippen LogP contribution in [0.15, 0.2) is 66.7 Å². The van der Waals surface area contributed by atoms with Gasteiger partial charge in [0.25, 0.3) is 5.91 Å². The van der Waals surface area contributed by atoms with Gasteiger partial charge in [-0.2, -0.15) is 0 Å². The van der Waals surface area contributed by atoms with E-state index < -0.39 is 18.5 Å². The van der Waals surface area contributed by atoms with E-state index in [1.54, 1.807) is 24.3 Å². The van der Waals surface area contributed by atoms with E-state index in [2.05, 4.69) is 5.32 Å². The summed E-state index contributed by atoms with van der Waals surface area (Å²) in [5.41, 5.74) is 1.37. The minimum atomic E-state index is -0.502. The average molecular weight is 420 g/mol. The van der Waals surface area contributed by atoms with Gasteiger partial charge in [-0.25, -0.2) is 0 Å². The Kier molecular flexibility index (Phi) is 7.22. The van der Waals surface area contributed by atoms with Crippen LogP contribution in [0.3, 0.4) is 0 Å². The molecule has 0 atom stereocenters. The van der Waals surface area contributed by atoms with Gasteiger partial charge in [-0.15, -0.1) is 0 Å². The minimum Gasteiger partial charge on any atom is -0.497 e. The van der Waals surface area contributed by atoms with Gasteiger partial charge in [0.2, 0.25) is 5.91 Å². The lowest BCUT2D eigenvalue weighted by molar-refractivity contribution is -0.151. The predicted molar refractivity (Wildman–Crippen MR) is 118 cm³/mol. The molecule has 0 aliphatic carbocycles. The van der Waals surface area contributed by atoms with Crippen LogP contribution in [0.25, 0.3) is 10.8 Å². The first kappa shape index (κ1) is 21.8. The maximum Gasteiger partial charge on any atom is 0.310 e. The van der Waals surface area contributed by atoms with E-state index in [1.165, 1.54) is 19.1 Å². The Bertz CT molecular complexity index is 1100. The topological polar surface area (TPSA) is 84.9 Å². The zero-order chi connectivity index (χ0) is 22.2. The molecule has 0 fully saturated rings. The van der Waals surface area contributed by atoms with E-state index in [-0.39, 0.29) is 18.9 Å². The number of carbonyl (C=O) groups excluding carboxylic acids is 3. The molecule has 7 heteroatoms. The Labute approximate surface area is 180 Å². The Morgan fingerprint density at radius 1 is 0.935 bits per heavy atom. The van der Waals surface area contributed by atoms with Gasteiger partial charge < -0.3 is 19.7 Å². The summed E-state index contributed by atoms with van der Waals surface area (Å²) in [6, 6.07) is 20.5. The van der Waals surface area contributed by atoms with Crippen LogP contribution in [0, 0.1) is 0 Å². The summed E-state index contributed by atoms with van der Waals surface area (Å²) < 4.78 is 10.2. The van der Waals surface area contributed by atoms with Crippen molar-refractivity contribution in [3.05, 3.63) is 72.3 Å². The van der Waals surface area contributed by atoms with Crippen LogP contribution in [0.4, 0.5) is 5.69 Å². The Morgan fingerprint density at radius 3 is 2.48 bits per heavy atom. The number of rotatable bonds is 8. The Morgan fingerprint density at radius 2 is 1.71 bits per heavy atom. The first-order valence-electron chi connectivity index (χ1n) is 9.76. The van der Waals surface area contributed by atoms with Crippen LogP contribution >= 0.6 is 0 Å². The molecule has 0 aliphatic heterocycles. The fourth-order valence-electron chi connectivity index (χ4n) is 3.02. The second-order valence-electron chi connectivity index (χ2n) is 7.05. The number of benzene rings is 3. The number of anilines is 1. The quantitative estimate of drug-likeness (QED) is 0.566. The van der Waals surface area contributed by atoms with Crippen LogP contribution < -0.4 is 10.1 Å². The number of amides is 2. The van der Waals surface area contributed by atoms with Gasteiger partial charge in [0, 0.05) is 18.8 Å². The molecule has 0 saturated carbocycles. The maximum atomic E-state index is 12.2. The predicted octanol–water partition coefficient (Wildman–Crippen LogP) is 3.03. The van der Waals surface area contributed by atoms with Crippen molar-refractivity contribution in [3.8, 4) is 5.75 Å². The molecule has 2 amide bonds. The number of carbonyl (C=O) groups is 3. The van der Waals surface area contributed by atoms with E-state index in [0.29, 0.717) is 11.4 Å². The molecule has 0 aliphatic rings. The SMILES string of the molecule is COc1cccc(NC(=O)CN(C)C(=O)COC(=O)Cc2ccc3ccccc3c2)c1. The highest BCUT2D eigenvalue weighted by molar-refractivity contribution is 5.95. The molecule has 0 radical (unpaired) electrons. The third-order valence-electron chi connectivity index (χ3n) is 4.68. The molecule has 3 rings (SSSR count). The van der Waals surface area contributed by atoms with E-state index in [1.807, 2.05) is 42.5 Å². The summed E-state index contributed by atoms with van der Waals surface area (Å²) >= 11 is 0. The van der Waals surface area contributed by atoms with Gasteiger partial charge in [0.1, 0.15) is 5.75 Å². The van der Waals surface area contributed by atoms with Crippen molar-refractivity contribution >= 4 is 34.2 Å². The summed E-state index contributed by atoms with van der Waals surface area (Å²) in [5, 5.41) is 4.81. The number of hydrogen-bond donors (Lipinski definition) is 1. The summed E-state index contributed by atoms with van der Waals surface area (Å²) in [7, 11) is 3.01. The fraction of sp³-hybridized carbons (Fsp3) is 0.208. The van der Waals surface area contributed by atoms with Crippen LogP contribution in [0.2, 0.25) is 0 Å². The highest BCUT2D eigenvalue weighted by Crippen LogP contribution is 2.17. The molecule has 0 heterocycles. The number of nitrogens with one attached hydrogen (secondary N) is 1. The van der Waals surface area contributed by atoms with Crippen LogP contribution in [-0.2, 0) is 25.5 Å². The number of esters is 1. The van der Waals surface area contributed by atoms with Crippen molar-refractivity contribution in [1.29, 1.82) is 0 Å². The molecule has 0 bridgehead atoms. The Balaban J connectivity index is 1.45. The first-order chi connectivity index (χ1) is 14.9. The van der Waals surface area contributed by atoms with Crippen molar-refractivity contribution in [3.63, 3.8) is 0 Å². The van der Waals surface area contributed by atoms with Crippen molar-refractivity contribution in [1.82, 2.24) is 4.90 Å². The van der Waals surface area contributed by atoms with Gasteiger partial charge in [0.05, 0.1) is 20.1 Å². The second kappa shape index (κ2) is 10.2. The van der Waals surface area contributed by atoms with Crippen molar-refractivity contribution in [2.45, 2.75) is 6.42 Å². The molecule has 0 saturated heterocycles. The molecule has 31 heavy (non-hydrogen) atoms. The minimum absolute atomic E-state index is 0.0676. The number of methoxy groups -OCH3 is 1. The van der Waals surface area contributed by atoms with Crippen molar-refractivity contribution in [2.24, 2.45) is 0 Å². The first-order valence-corrected chi connectivity index (χ1v) is 9.76. The molecule has 0 unspecified atom stereocenters. The molecule has 0 spiro atoms. The van der Waals surface area contributed by atoms with E-state index >= 15 is 0 Å². The molecule has 160 valence electrons. The number of likely N-dealkylation sites (N-methyl/N-ethyl adjacent to an activating group) is 1. The number of ether oxygens (including phenoxy) is 2. The van der Waals surface area contributed by atoms with Crippen LogP contribution in [-0.4, -0.2) is 50.0 Å². The molecule has 3 aromatic carbocycles. The van der Waals surface area contributed by atoms with Crippen molar-refractivity contribution in [2.75, 3.05) is 32.6 Å². The smallest absolute Gasteiger partial charge is 0.310 e. The van der Waals surface area contributed by atoms with Crippen LogP contribution in [0.1, 0.15) is 5.56 Å². The number of fused-ring (bicyclic) bond motifs is 1. The summed E-state index contributed by atoms with van der Waals surface area (Å²) in [5.74, 6) is -0.724. The zero-order valence-corrected chi connectivity index (χ0v) is 17.5. The van der Waals surface area contributed by atoms with Crippen LogP contribution in [0.5, 0.6) is 5.75 Å². The standard InChI is InChI=1S/C24H24N2O5/c1-26(15-22(27)25-20-8-5-9-21(14-20)30-2)23(28)16-31-24(29)13-17-10-11-18-6-3-4-7-19(18)12-17/h3-12,14H,13,15-16H2,1-2H3,(H,25,27). The maximum absolute atomic E-state index is 12.2. The van der Waals surface area contributed by atoms with E-state index in [0.717, 1.165) is 16.3 Å². The molecule has 0 aromatic heterocycles. The lowest BCUT2D eigenvalue weighted by Crippen LogP contribution is -2.37. The number of nitrogens with zero attached hydrogens (tertiary/aromatic N) is 1. The third kappa shape index (κ3) is 6.30. The largest absolute Gasteiger partial charge is 0.497 e. The molecule has 1 N–H and O–H groups in total. The van der Waals surface area contributed by atoms with E-state index in [4.69, 9.17) is 9.47 Å². The number of hydrogen-bond acceptors (Lipinski definition) is 5. The third-order valence-corrected chi connectivity index (χ3v) is 4.68. The van der Waals surface area contributed by atoms with Crippen molar-refractivity contribution < 1.29 is 23.9 Å². The van der Waals surface area contributed by atoms with E-state index in [9.17, 15) is 14.4 Å². The van der Waals surface area contributed by atoms with Gasteiger partial charge in [0.15, 0.2) is 6.61 Å². The van der Waals surface area contributed by atoms with Gasteiger partial charge in [-0.3, -0.25) is 14.4 Å². The lowest BCUT2D eigenvalue weighted by atomic mass is 10.1. The molecular formula is C24H24N2O5. The summed E-state index contributed by atoms with van der Waals surface area (Å²) in [6.07, 6.45) is 0.0676. The highest BCUT2D eigenvalue weighted by atomic mass is 16.5. The average Bonchev–Trinajstić information content (AvgIpc) is 2.77. The van der Waals surface area contributed by atoms with Gasteiger partial charge in [-0.05, 0) is 28.5 Å². The molecular weight excluding hydrogens is 396 g/mol. The highest BCUT2D eigenvalue weighted by Gasteiger charge is 2.16. The molecule has 3 aromatic rings.